The number of ether oxygens (including phenoxy) is 1. The molecule has 0 radical (unpaired) electrons. The van der Waals surface area contributed by atoms with E-state index < -0.39 is 5.60 Å². The monoisotopic (exact) mass is 508 g/mol. The fourth-order valence-electron chi connectivity index (χ4n) is 3.47. The quantitative estimate of drug-likeness (QED) is 0.204. The molecule has 1 atom stereocenters. The van der Waals surface area contributed by atoms with Crippen molar-refractivity contribution in [3.63, 3.8) is 0 Å². The Morgan fingerprint density at radius 2 is 1.13 bits per heavy atom. The van der Waals surface area contributed by atoms with Gasteiger partial charge in [0.15, 0.2) is 11.6 Å². The highest BCUT2D eigenvalue weighted by Gasteiger charge is 2.28. The highest BCUT2D eigenvalue weighted by Crippen LogP contribution is 2.25. The molecule has 0 fully saturated rings. The molecule has 4 rings (SSSR count). The molecular weight excluding hydrogens is 472 g/mol. The van der Waals surface area contributed by atoms with E-state index in [4.69, 9.17) is 0 Å². The van der Waals surface area contributed by atoms with Gasteiger partial charge in [-0.15, -0.1) is 0 Å². The minimum absolute atomic E-state index is 0.106. The standard InChI is InChI=1S/C16H16O2.C14H12O.C4H8O/c1-12(17)16(2,18)15-10-8-14(9-11-15)13-6-4-3-5-7-13;1-11(15)12-7-9-14(10-8-12)13-5-3-2-4-6-13;1-3-5-4-2/h3-11,18H,1-2H3;2-10H,1H3;3H,1,4H2,2H3. The molecule has 0 saturated heterocycles. The summed E-state index contributed by atoms with van der Waals surface area (Å²) in [7, 11) is 0. The first-order valence-electron chi connectivity index (χ1n) is 12.5. The van der Waals surface area contributed by atoms with E-state index in [0.717, 1.165) is 28.9 Å². The number of benzene rings is 4. The lowest BCUT2D eigenvalue weighted by Gasteiger charge is -2.20. The van der Waals surface area contributed by atoms with Crippen LogP contribution in [0.3, 0.4) is 0 Å². The van der Waals surface area contributed by atoms with Gasteiger partial charge in [0, 0.05) is 5.56 Å². The van der Waals surface area contributed by atoms with Crippen LogP contribution in [-0.4, -0.2) is 23.3 Å². The van der Waals surface area contributed by atoms with Crippen molar-refractivity contribution in [2.45, 2.75) is 33.3 Å². The molecule has 4 nitrogen and oxygen atoms in total. The summed E-state index contributed by atoms with van der Waals surface area (Å²) < 4.78 is 4.60. The van der Waals surface area contributed by atoms with E-state index in [2.05, 4.69) is 23.4 Å². The summed E-state index contributed by atoms with van der Waals surface area (Å²) in [6, 6.07) is 35.2. The molecule has 1 unspecified atom stereocenters. The molecule has 4 aromatic carbocycles. The fraction of sp³-hybridized carbons (Fsp3) is 0.176. The van der Waals surface area contributed by atoms with E-state index in [1.165, 1.54) is 25.7 Å². The van der Waals surface area contributed by atoms with Gasteiger partial charge in [0.25, 0.3) is 0 Å². The Balaban J connectivity index is 0.000000230. The Morgan fingerprint density at radius 3 is 1.45 bits per heavy atom. The van der Waals surface area contributed by atoms with E-state index in [1.54, 1.807) is 19.1 Å². The Kier molecular flexibility index (Phi) is 11.9. The summed E-state index contributed by atoms with van der Waals surface area (Å²) in [6.45, 7) is 10.5. The van der Waals surface area contributed by atoms with Crippen molar-refractivity contribution in [3.05, 3.63) is 133 Å². The summed E-state index contributed by atoms with van der Waals surface area (Å²) in [5, 5.41) is 10.1. The second-order valence-electron chi connectivity index (χ2n) is 8.69. The predicted molar refractivity (Wildman–Crippen MR) is 156 cm³/mol. The van der Waals surface area contributed by atoms with Crippen molar-refractivity contribution in [3.8, 4) is 22.3 Å². The third-order valence-corrected chi connectivity index (χ3v) is 5.92. The number of carbonyl (C=O) groups excluding carboxylic acids is 2. The lowest BCUT2D eigenvalue weighted by molar-refractivity contribution is -0.134. The predicted octanol–water partition coefficient (Wildman–Crippen LogP) is 7.87. The molecule has 4 aromatic rings. The number of Topliss-reactive ketones (excluding diaryl/α,β-unsaturated/α-hetero) is 2. The molecule has 0 aliphatic rings. The Hall–Kier alpha value is -4.28. The second-order valence-corrected chi connectivity index (χ2v) is 8.69. The molecule has 38 heavy (non-hydrogen) atoms. The summed E-state index contributed by atoms with van der Waals surface area (Å²) in [5.74, 6) is -0.149. The van der Waals surface area contributed by atoms with E-state index in [0.29, 0.717) is 5.56 Å². The van der Waals surface area contributed by atoms with Crippen LogP contribution in [0.2, 0.25) is 0 Å². The maximum Gasteiger partial charge on any atom is 0.165 e. The zero-order valence-electron chi connectivity index (χ0n) is 22.6. The van der Waals surface area contributed by atoms with Gasteiger partial charge >= 0.3 is 0 Å². The molecule has 0 spiro atoms. The van der Waals surface area contributed by atoms with E-state index in [1.807, 2.05) is 91.9 Å². The van der Waals surface area contributed by atoms with Crippen LogP contribution in [0.25, 0.3) is 22.3 Å². The molecule has 1 N–H and O–H groups in total. The Morgan fingerprint density at radius 1 is 0.737 bits per heavy atom. The maximum absolute atomic E-state index is 11.4. The van der Waals surface area contributed by atoms with Crippen LogP contribution in [0.4, 0.5) is 0 Å². The number of carbonyl (C=O) groups is 2. The van der Waals surface area contributed by atoms with E-state index >= 15 is 0 Å². The minimum Gasteiger partial charge on any atom is -0.502 e. The third kappa shape index (κ3) is 8.99. The van der Waals surface area contributed by atoms with Gasteiger partial charge < -0.3 is 9.84 Å². The van der Waals surface area contributed by atoms with Crippen LogP contribution >= 0.6 is 0 Å². The van der Waals surface area contributed by atoms with Gasteiger partial charge in [0.2, 0.25) is 0 Å². The van der Waals surface area contributed by atoms with Crippen molar-refractivity contribution in [1.82, 2.24) is 0 Å². The van der Waals surface area contributed by atoms with Crippen LogP contribution in [0.15, 0.2) is 122 Å². The number of aliphatic hydroxyl groups is 1. The van der Waals surface area contributed by atoms with Crippen LogP contribution in [0.1, 0.15) is 43.6 Å². The Bertz CT molecular complexity index is 1270. The lowest BCUT2D eigenvalue weighted by atomic mass is 9.91. The minimum atomic E-state index is -1.41. The number of hydrogen-bond donors (Lipinski definition) is 1. The van der Waals surface area contributed by atoms with Gasteiger partial charge in [0.1, 0.15) is 5.60 Å². The fourth-order valence-corrected chi connectivity index (χ4v) is 3.47. The summed E-state index contributed by atoms with van der Waals surface area (Å²) >= 11 is 0. The third-order valence-electron chi connectivity index (χ3n) is 5.92. The van der Waals surface area contributed by atoms with Crippen LogP contribution in [-0.2, 0) is 15.1 Å². The van der Waals surface area contributed by atoms with E-state index in [-0.39, 0.29) is 11.6 Å². The molecule has 196 valence electrons. The van der Waals surface area contributed by atoms with Crippen LogP contribution in [0, 0.1) is 0 Å². The van der Waals surface area contributed by atoms with Crippen molar-refractivity contribution >= 4 is 11.6 Å². The first kappa shape index (κ1) is 29.9. The number of rotatable bonds is 7. The average molecular weight is 509 g/mol. The van der Waals surface area contributed by atoms with Crippen LogP contribution in [0.5, 0.6) is 0 Å². The first-order valence-corrected chi connectivity index (χ1v) is 12.5. The lowest BCUT2D eigenvalue weighted by Crippen LogP contribution is -2.29. The molecule has 0 saturated carbocycles. The van der Waals surface area contributed by atoms with Gasteiger partial charge in [-0.2, -0.15) is 0 Å². The average Bonchev–Trinajstić information content (AvgIpc) is 2.95. The Labute approximate surface area is 226 Å². The van der Waals surface area contributed by atoms with Crippen molar-refractivity contribution < 1.29 is 19.4 Å². The molecule has 0 aliphatic heterocycles. The molecule has 4 heteroatoms. The molecule has 0 amide bonds. The van der Waals surface area contributed by atoms with Gasteiger partial charge in [0.05, 0.1) is 12.9 Å². The van der Waals surface area contributed by atoms with Crippen molar-refractivity contribution in [2.24, 2.45) is 0 Å². The molecular formula is C34H36O4. The zero-order valence-corrected chi connectivity index (χ0v) is 22.6. The smallest absolute Gasteiger partial charge is 0.165 e. The number of ketones is 2. The highest BCUT2D eigenvalue weighted by molar-refractivity contribution is 5.94. The summed E-state index contributed by atoms with van der Waals surface area (Å²) in [4.78, 5) is 22.5. The van der Waals surface area contributed by atoms with Gasteiger partial charge in [-0.25, -0.2) is 0 Å². The normalized spacial score (nSPS) is 11.4. The SMILES string of the molecule is C=COCC.CC(=O)C(C)(O)c1ccc(-c2ccccc2)cc1.CC(=O)c1ccc(-c2ccccc2)cc1. The summed E-state index contributed by atoms with van der Waals surface area (Å²) in [5.41, 5.74) is 4.47. The van der Waals surface area contributed by atoms with Crippen molar-refractivity contribution in [1.29, 1.82) is 0 Å². The highest BCUT2D eigenvalue weighted by atomic mass is 16.5. The zero-order chi connectivity index (χ0) is 28.0. The van der Waals surface area contributed by atoms with Gasteiger partial charge in [-0.1, -0.05) is 116 Å². The largest absolute Gasteiger partial charge is 0.502 e. The van der Waals surface area contributed by atoms with Gasteiger partial charge in [-0.3, -0.25) is 9.59 Å². The molecule has 0 aliphatic carbocycles. The first-order chi connectivity index (χ1) is 18.2. The summed E-state index contributed by atoms with van der Waals surface area (Å²) in [6.07, 6.45) is 1.43. The maximum atomic E-state index is 11.4. The second kappa shape index (κ2) is 15.1. The molecule has 0 aromatic heterocycles. The topological polar surface area (TPSA) is 63.6 Å². The van der Waals surface area contributed by atoms with Crippen LogP contribution < -0.4 is 0 Å². The van der Waals surface area contributed by atoms with Gasteiger partial charge in [-0.05, 0) is 55.5 Å². The van der Waals surface area contributed by atoms with E-state index in [9.17, 15) is 14.7 Å². The van der Waals surface area contributed by atoms with Crippen molar-refractivity contribution in [2.75, 3.05) is 6.61 Å². The molecule has 0 heterocycles. The molecule has 0 bridgehead atoms. The number of hydrogen-bond acceptors (Lipinski definition) is 4.